The van der Waals surface area contributed by atoms with Crippen molar-refractivity contribution in [2.45, 2.75) is 91.1 Å². The highest BCUT2D eigenvalue weighted by Gasteiger charge is 2.09. The van der Waals surface area contributed by atoms with Gasteiger partial charge in [0.25, 0.3) is 0 Å². The molecule has 0 radical (unpaired) electrons. The van der Waals surface area contributed by atoms with Crippen molar-refractivity contribution < 1.29 is 0 Å². The molecule has 1 nitrogen and oxygen atoms in total. The van der Waals surface area contributed by atoms with Gasteiger partial charge in [-0.25, -0.2) is 0 Å². The Bertz CT molecular complexity index is 366. The predicted octanol–water partition coefficient (Wildman–Crippen LogP) is 6.21. The van der Waals surface area contributed by atoms with Crippen molar-refractivity contribution in [1.82, 2.24) is 5.32 Å². The first-order chi connectivity index (χ1) is 10.0. The average Bonchev–Trinajstić information content (AvgIpc) is 2.47. The maximum Gasteiger partial charge on any atom is 0.0294 e. The summed E-state index contributed by atoms with van der Waals surface area (Å²) >= 11 is 0. The van der Waals surface area contributed by atoms with Crippen LogP contribution in [0.1, 0.15) is 96.2 Å². The third kappa shape index (κ3) is 7.13. The van der Waals surface area contributed by atoms with Crippen LogP contribution in [0, 0.1) is 0 Å². The first-order valence-electron chi connectivity index (χ1n) is 8.90. The Morgan fingerprint density at radius 1 is 0.810 bits per heavy atom. The van der Waals surface area contributed by atoms with Crippen LogP contribution in [0.4, 0.5) is 0 Å². The highest BCUT2D eigenvalue weighted by Crippen LogP contribution is 2.19. The van der Waals surface area contributed by atoms with Crippen molar-refractivity contribution in [3.05, 3.63) is 35.4 Å². The average molecular weight is 290 g/mol. The van der Waals surface area contributed by atoms with E-state index in [9.17, 15) is 0 Å². The van der Waals surface area contributed by atoms with Gasteiger partial charge in [-0.15, -0.1) is 0 Å². The van der Waals surface area contributed by atoms with Gasteiger partial charge in [-0.05, 0) is 37.3 Å². The molecule has 0 saturated heterocycles. The lowest BCUT2D eigenvalue weighted by molar-refractivity contribution is 0.436. The van der Waals surface area contributed by atoms with Crippen LogP contribution >= 0.6 is 0 Å². The normalized spacial score (nSPS) is 14.4. The van der Waals surface area contributed by atoms with Gasteiger partial charge in [0.1, 0.15) is 0 Å². The standard InChI is InChI=1S/C20H35N/c1-6-7-8-9-10-11-17(4)21-18(5)20-14-12-19(13-15-20)16(2)3/h12-18,21H,6-11H2,1-5H3. The molecule has 0 saturated carbocycles. The first kappa shape index (κ1) is 18.2. The lowest BCUT2D eigenvalue weighted by atomic mass is 9.99. The Balaban J connectivity index is 2.32. The molecule has 1 aromatic carbocycles. The van der Waals surface area contributed by atoms with E-state index in [1.54, 1.807) is 0 Å². The van der Waals surface area contributed by atoms with Crippen molar-refractivity contribution >= 4 is 0 Å². The minimum atomic E-state index is 0.442. The largest absolute Gasteiger partial charge is 0.308 e. The van der Waals surface area contributed by atoms with Gasteiger partial charge in [0, 0.05) is 12.1 Å². The molecular weight excluding hydrogens is 254 g/mol. The van der Waals surface area contributed by atoms with Crippen LogP contribution < -0.4 is 5.32 Å². The molecule has 1 heteroatoms. The third-order valence-electron chi connectivity index (χ3n) is 4.38. The summed E-state index contributed by atoms with van der Waals surface area (Å²) in [5, 5.41) is 3.74. The number of nitrogens with one attached hydrogen (secondary N) is 1. The minimum Gasteiger partial charge on any atom is -0.308 e. The number of hydrogen-bond donors (Lipinski definition) is 1. The van der Waals surface area contributed by atoms with Crippen LogP contribution in [0.15, 0.2) is 24.3 Å². The van der Waals surface area contributed by atoms with Crippen LogP contribution in [0.5, 0.6) is 0 Å². The van der Waals surface area contributed by atoms with Gasteiger partial charge in [-0.1, -0.05) is 77.1 Å². The van der Waals surface area contributed by atoms with Gasteiger partial charge in [-0.3, -0.25) is 0 Å². The van der Waals surface area contributed by atoms with E-state index in [2.05, 4.69) is 64.2 Å². The third-order valence-corrected chi connectivity index (χ3v) is 4.38. The predicted molar refractivity (Wildman–Crippen MR) is 94.9 cm³/mol. The summed E-state index contributed by atoms with van der Waals surface area (Å²) in [6, 6.07) is 10.1. The molecule has 0 aromatic heterocycles. The number of rotatable bonds is 10. The second-order valence-corrected chi connectivity index (χ2v) is 6.81. The molecule has 0 aliphatic carbocycles. The molecule has 0 aliphatic heterocycles. The molecule has 2 unspecified atom stereocenters. The number of benzene rings is 1. The van der Waals surface area contributed by atoms with Crippen molar-refractivity contribution in [3.8, 4) is 0 Å². The van der Waals surface area contributed by atoms with Crippen LogP contribution in [0.2, 0.25) is 0 Å². The summed E-state index contributed by atoms with van der Waals surface area (Å²) in [6.07, 6.45) is 8.15. The molecule has 1 aromatic rings. The van der Waals surface area contributed by atoms with Crippen molar-refractivity contribution in [2.24, 2.45) is 0 Å². The number of unbranched alkanes of at least 4 members (excludes halogenated alkanes) is 4. The summed E-state index contributed by atoms with van der Waals surface area (Å²) in [4.78, 5) is 0. The highest BCUT2D eigenvalue weighted by molar-refractivity contribution is 5.26. The molecule has 0 amide bonds. The van der Waals surface area contributed by atoms with E-state index in [0.29, 0.717) is 18.0 Å². The Morgan fingerprint density at radius 3 is 1.95 bits per heavy atom. The van der Waals surface area contributed by atoms with E-state index in [0.717, 1.165) is 0 Å². The van der Waals surface area contributed by atoms with Gasteiger partial charge < -0.3 is 5.32 Å². The molecular formula is C20H35N. The van der Waals surface area contributed by atoms with Crippen molar-refractivity contribution in [3.63, 3.8) is 0 Å². The van der Waals surface area contributed by atoms with Gasteiger partial charge in [0.15, 0.2) is 0 Å². The van der Waals surface area contributed by atoms with Crippen molar-refractivity contribution in [2.75, 3.05) is 0 Å². The van der Waals surface area contributed by atoms with E-state index in [1.165, 1.54) is 49.7 Å². The van der Waals surface area contributed by atoms with Gasteiger partial charge in [0.05, 0.1) is 0 Å². The zero-order valence-electron chi connectivity index (χ0n) is 14.8. The maximum atomic E-state index is 3.74. The first-order valence-corrected chi connectivity index (χ1v) is 8.90. The fourth-order valence-corrected chi connectivity index (χ4v) is 2.83. The lowest BCUT2D eigenvalue weighted by Gasteiger charge is -2.21. The summed E-state index contributed by atoms with van der Waals surface area (Å²) in [5.41, 5.74) is 2.83. The van der Waals surface area contributed by atoms with E-state index in [4.69, 9.17) is 0 Å². The molecule has 0 aliphatic rings. The van der Waals surface area contributed by atoms with Gasteiger partial charge >= 0.3 is 0 Å². The van der Waals surface area contributed by atoms with Gasteiger partial charge in [-0.2, -0.15) is 0 Å². The summed E-state index contributed by atoms with van der Waals surface area (Å²) in [5.74, 6) is 0.615. The summed E-state index contributed by atoms with van der Waals surface area (Å²) < 4.78 is 0. The van der Waals surface area contributed by atoms with Crippen molar-refractivity contribution in [1.29, 1.82) is 0 Å². The van der Waals surface area contributed by atoms with Crippen LogP contribution in [0.25, 0.3) is 0 Å². The highest BCUT2D eigenvalue weighted by atomic mass is 14.9. The quantitative estimate of drug-likeness (QED) is 0.505. The monoisotopic (exact) mass is 289 g/mol. The Hall–Kier alpha value is -0.820. The molecule has 120 valence electrons. The van der Waals surface area contributed by atoms with Crippen LogP contribution in [0.3, 0.4) is 0 Å². The lowest BCUT2D eigenvalue weighted by Crippen LogP contribution is -2.28. The molecule has 0 heterocycles. The number of hydrogen-bond acceptors (Lipinski definition) is 1. The topological polar surface area (TPSA) is 12.0 Å². The molecule has 0 bridgehead atoms. The Morgan fingerprint density at radius 2 is 1.38 bits per heavy atom. The van der Waals surface area contributed by atoms with E-state index < -0.39 is 0 Å². The molecule has 1 rings (SSSR count). The summed E-state index contributed by atoms with van der Waals surface area (Å²) in [7, 11) is 0. The van der Waals surface area contributed by atoms with E-state index in [-0.39, 0.29) is 0 Å². The molecule has 1 N–H and O–H groups in total. The summed E-state index contributed by atoms with van der Waals surface area (Å²) in [6.45, 7) is 11.4. The SMILES string of the molecule is CCCCCCCC(C)NC(C)c1ccc(C(C)C)cc1. The molecule has 2 atom stereocenters. The second-order valence-electron chi connectivity index (χ2n) is 6.81. The van der Waals surface area contributed by atoms with E-state index >= 15 is 0 Å². The smallest absolute Gasteiger partial charge is 0.0294 e. The van der Waals surface area contributed by atoms with Crippen LogP contribution in [-0.4, -0.2) is 6.04 Å². The van der Waals surface area contributed by atoms with E-state index in [1.807, 2.05) is 0 Å². The van der Waals surface area contributed by atoms with Gasteiger partial charge in [0.2, 0.25) is 0 Å². The fourth-order valence-electron chi connectivity index (χ4n) is 2.83. The molecule has 0 spiro atoms. The maximum absolute atomic E-state index is 3.74. The zero-order valence-corrected chi connectivity index (χ0v) is 14.8. The minimum absolute atomic E-state index is 0.442. The Kier molecular flexibility index (Phi) is 8.68. The zero-order chi connectivity index (χ0) is 15.7. The molecule has 0 fully saturated rings. The second kappa shape index (κ2) is 10.00. The fraction of sp³-hybridized carbons (Fsp3) is 0.700. The Labute approximate surface area is 132 Å². The van der Waals surface area contributed by atoms with Crippen LogP contribution in [-0.2, 0) is 0 Å². The molecule has 21 heavy (non-hydrogen) atoms.